The fourth-order valence-corrected chi connectivity index (χ4v) is 4.33. The van der Waals surface area contributed by atoms with Crippen molar-refractivity contribution in [3.63, 3.8) is 0 Å². The topological polar surface area (TPSA) is 20.3 Å². The molecule has 0 aliphatic carbocycles. The summed E-state index contributed by atoms with van der Waals surface area (Å²) in [4.78, 5) is 14.1. The highest BCUT2D eigenvalue weighted by atomic mass is 35.5. The predicted molar refractivity (Wildman–Crippen MR) is 93.5 cm³/mol. The second-order valence-electron chi connectivity index (χ2n) is 5.70. The van der Waals surface area contributed by atoms with E-state index in [1.807, 2.05) is 0 Å². The second kappa shape index (κ2) is 7.70. The van der Waals surface area contributed by atoms with Crippen LogP contribution in [0.1, 0.15) is 27.6 Å². The van der Waals surface area contributed by atoms with Crippen molar-refractivity contribution in [1.29, 1.82) is 0 Å². The standard InChI is InChI=1S/C18H15ClF3NOS/c19-13-2-1-3-15(22)17(13)18(24)23-7-6-16(25-9-8-23)12-10-11(20)4-5-14(12)21/h1-5,10,16H,6-9H2. The maximum Gasteiger partial charge on any atom is 0.258 e. The number of hydrogen-bond acceptors (Lipinski definition) is 2. The summed E-state index contributed by atoms with van der Waals surface area (Å²) in [6.07, 6.45) is 0.447. The Morgan fingerprint density at radius 2 is 1.92 bits per heavy atom. The highest BCUT2D eigenvalue weighted by Gasteiger charge is 2.27. The summed E-state index contributed by atoms with van der Waals surface area (Å²) in [6, 6.07) is 7.48. The zero-order valence-electron chi connectivity index (χ0n) is 13.1. The Hall–Kier alpha value is -1.66. The van der Waals surface area contributed by atoms with Gasteiger partial charge in [-0.05, 0) is 36.8 Å². The van der Waals surface area contributed by atoms with Gasteiger partial charge >= 0.3 is 0 Å². The van der Waals surface area contributed by atoms with Gasteiger partial charge in [-0.25, -0.2) is 13.2 Å². The van der Waals surface area contributed by atoms with Crippen molar-refractivity contribution >= 4 is 29.3 Å². The van der Waals surface area contributed by atoms with Crippen molar-refractivity contribution in [2.75, 3.05) is 18.8 Å². The molecule has 1 saturated heterocycles. The molecule has 0 bridgehead atoms. The van der Waals surface area contributed by atoms with E-state index in [1.54, 1.807) is 0 Å². The number of nitrogens with zero attached hydrogens (tertiary/aromatic N) is 1. The van der Waals surface area contributed by atoms with Crippen LogP contribution >= 0.6 is 23.4 Å². The molecule has 1 aliphatic rings. The molecule has 7 heteroatoms. The Bertz CT molecular complexity index is 782. The maximum absolute atomic E-state index is 14.0. The summed E-state index contributed by atoms with van der Waals surface area (Å²) < 4.78 is 41.4. The first kappa shape index (κ1) is 18.1. The first-order valence-electron chi connectivity index (χ1n) is 7.77. The van der Waals surface area contributed by atoms with Crippen LogP contribution in [0.5, 0.6) is 0 Å². The van der Waals surface area contributed by atoms with Gasteiger partial charge in [0.2, 0.25) is 0 Å². The van der Waals surface area contributed by atoms with Crippen molar-refractivity contribution in [1.82, 2.24) is 4.90 Å². The van der Waals surface area contributed by atoms with E-state index in [0.29, 0.717) is 30.8 Å². The number of carbonyl (C=O) groups excluding carboxylic acids is 1. The van der Waals surface area contributed by atoms with Gasteiger partial charge in [0.1, 0.15) is 17.5 Å². The van der Waals surface area contributed by atoms with Crippen LogP contribution in [0.4, 0.5) is 13.2 Å². The lowest BCUT2D eigenvalue weighted by Gasteiger charge is -2.21. The molecule has 0 spiro atoms. The second-order valence-corrected chi connectivity index (χ2v) is 7.42. The zero-order valence-corrected chi connectivity index (χ0v) is 14.7. The van der Waals surface area contributed by atoms with Gasteiger partial charge in [-0.15, -0.1) is 0 Å². The number of thioether (sulfide) groups is 1. The van der Waals surface area contributed by atoms with E-state index in [1.165, 1.54) is 40.9 Å². The zero-order chi connectivity index (χ0) is 18.0. The van der Waals surface area contributed by atoms with Crippen LogP contribution in [0.2, 0.25) is 5.02 Å². The number of hydrogen-bond donors (Lipinski definition) is 0. The van der Waals surface area contributed by atoms with Gasteiger partial charge in [-0.2, -0.15) is 11.8 Å². The first-order valence-corrected chi connectivity index (χ1v) is 9.20. The van der Waals surface area contributed by atoms with Crippen LogP contribution in [0, 0.1) is 17.5 Å². The molecule has 132 valence electrons. The predicted octanol–water partition coefficient (Wildman–Crippen LogP) is 5.08. The molecule has 1 amide bonds. The van der Waals surface area contributed by atoms with Crippen molar-refractivity contribution in [3.05, 3.63) is 70.0 Å². The fourth-order valence-electron chi connectivity index (χ4n) is 2.84. The Morgan fingerprint density at radius 3 is 2.68 bits per heavy atom. The molecular formula is C18H15ClF3NOS. The quantitative estimate of drug-likeness (QED) is 0.718. The van der Waals surface area contributed by atoms with Crippen LogP contribution in [-0.4, -0.2) is 29.6 Å². The van der Waals surface area contributed by atoms with Crippen molar-refractivity contribution in [2.24, 2.45) is 0 Å². The lowest BCUT2D eigenvalue weighted by molar-refractivity contribution is 0.0762. The highest BCUT2D eigenvalue weighted by molar-refractivity contribution is 7.99. The molecule has 0 radical (unpaired) electrons. The van der Waals surface area contributed by atoms with E-state index >= 15 is 0 Å². The van der Waals surface area contributed by atoms with E-state index in [9.17, 15) is 18.0 Å². The third-order valence-electron chi connectivity index (χ3n) is 4.11. The summed E-state index contributed by atoms with van der Waals surface area (Å²) in [7, 11) is 0. The molecule has 1 fully saturated rings. The lowest BCUT2D eigenvalue weighted by atomic mass is 10.1. The summed E-state index contributed by atoms with van der Waals surface area (Å²) in [5, 5.41) is -0.195. The minimum Gasteiger partial charge on any atom is -0.338 e. The molecular weight excluding hydrogens is 371 g/mol. The van der Waals surface area contributed by atoms with E-state index in [0.717, 1.165) is 12.1 Å². The van der Waals surface area contributed by atoms with Gasteiger partial charge in [-0.3, -0.25) is 4.79 Å². The van der Waals surface area contributed by atoms with E-state index in [4.69, 9.17) is 11.6 Å². The molecule has 25 heavy (non-hydrogen) atoms. The average Bonchev–Trinajstić information content (AvgIpc) is 2.83. The molecule has 1 aliphatic heterocycles. The van der Waals surface area contributed by atoms with Crippen LogP contribution in [0.15, 0.2) is 36.4 Å². The molecule has 3 rings (SSSR count). The SMILES string of the molecule is O=C(c1c(F)cccc1Cl)N1CCSC(c2cc(F)ccc2F)CC1. The summed E-state index contributed by atoms with van der Waals surface area (Å²) in [5.74, 6) is -1.56. The van der Waals surface area contributed by atoms with Gasteiger partial charge in [0.15, 0.2) is 0 Å². The van der Waals surface area contributed by atoms with Gasteiger partial charge in [0.05, 0.1) is 10.6 Å². The molecule has 1 unspecified atom stereocenters. The molecule has 1 atom stereocenters. The molecule has 0 N–H and O–H groups in total. The third-order valence-corrected chi connectivity index (χ3v) is 5.74. The number of benzene rings is 2. The fraction of sp³-hybridized carbons (Fsp3) is 0.278. The van der Waals surface area contributed by atoms with Crippen molar-refractivity contribution in [2.45, 2.75) is 11.7 Å². The van der Waals surface area contributed by atoms with E-state index in [2.05, 4.69) is 0 Å². The Kier molecular flexibility index (Phi) is 5.59. The highest BCUT2D eigenvalue weighted by Crippen LogP contribution is 2.36. The molecule has 1 heterocycles. The average molecular weight is 386 g/mol. The maximum atomic E-state index is 14.0. The van der Waals surface area contributed by atoms with E-state index in [-0.39, 0.29) is 15.8 Å². The van der Waals surface area contributed by atoms with Crippen LogP contribution in [-0.2, 0) is 0 Å². The van der Waals surface area contributed by atoms with Gasteiger partial charge in [-0.1, -0.05) is 17.7 Å². The normalized spacial score (nSPS) is 18.1. The lowest BCUT2D eigenvalue weighted by Crippen LogP contribution is -2.33. The summed E-state index contributed by atoms with van der Waals surface area (Å²) in [5.41, 5.74) is 0.146. The van der Waals surface area contributed by atoms with Gasteiger partial charge < -0.3 is 4.90 Å². The van der Waals surface area contributed by atoms with Crippen molar-refractivity contribution in [3.8, 4) is 0 Å². The van der Waals surface area contributed by atoms with Crippen LogP contribution < -0.4 is 0 Å². The number of carbonyl (C=O) groups is 1. The summed E-state index contributed by atoms with van der Waals surface area (Å²) >= 11 is 7.42. The Morgan fingerprint density at radius 1 is 1.12 bits per heavy atom. The molecule has 0 aromatic heterocycles. The van der Waals surface area contributed by atoms with Crippen molar-refractivity contribution < 1.29 is 18.0 Å². The number of rotatable bonds is 2. The van der Waals surface area contributed by atoms with E-state index < -0.39 is 23.4 Å². The van der Waals surface area contributed by atoms with Gasteiger partial charge in [0, 0.05) is 29.7 Å². The third kappa shape index (κ3) is 3.96. The van der Waals surface area contributed by atoms with Crippen LogP contribution in [0.25, 0.3) is 0 Å². The monoisotopic (exact) mass is 385 g/mol. The smallest absolute Gasteiger partial charge is 0.258 e. The van der Waals surface area contributed by atoms with Gasteiger partial charge in [0.25, 0.3) is 5.91 Å². The number of amides is 1. The summed E-state index contributed by atoms with van der Waals surface area (Å²) in [6.45, 7) is 0.707. The minimum absolute atomic E-state index is 0.0645. The molecule has 0 saturated carbocycles. The molecule has 2 aromatic carbocycles. The number of halogens is 4. The first-order chi connectivity index (χ1) is 12.0. The largest absolute Gasteiger partial charge is 0.338 e. The van der Waals surface area contributed by atoms with Crippen LogP contribution in [0.3, 0.4) is 0 Å². The molecule has 2 aromatic rings. The minimum atomic E-state index is -0.665. The Labute approximate surface area is 153 Å². The Balaban J connectivity index is 1.78. The molecule has 2 nitrogen and oxygen atoms in total.